The molecular weight excluding hydrogens is 248 g/mol. The van der Waals surface area contributed by atoms with Gasteiger partial charge in [0.2, 0.25) is 0 Å². The van der Waals surface area contributed by atoms with E-state index in [0.29, 0.717) is 0 Å². The molecule has 1 N–H and O–H groups in total. The molecule has 20 heavy (non-hydrogen) atoms. The minimum absolute atomic E-state index is 0.0784. The Labute approximate surface area is 121 Å². The van der Waals surface area contributed by atoms with Crippen molar-refractivity contribution in [1.29, 1.82) is 0 Å². The fourth-order valence-corrected chi connectivity index (χ4v) is 3.50. The van der Waals surface area contributed by atoms with Crippen LogP contribution in [0.5, 0.6) is 0 Å². The van der Waals surface area contributed by atoms with Gasteiger partial charge in [-0.25, -0.2) is 4.79 Å². The van der Waals surface area contributed by atoms with Crippen LogP contribution in [0.2, 0.25) is 0 Å². The fourth-order valence-electron chi connectivity index (χ4n) is 3.50. The number of likely N-dealkylation sites (tertiary alicyclic amines) is 1. The number of anilines is 1. The molecule has 0 radical (unpaired) electrons. The van der Waals surface area contributed by atoms with E-state index in [1.54, 1.807) is 0 Å². The van der Waals surface area contributed by atoms with Gasteiger partial charge in [-0.1, -0.05) is 24.6 Å². The third kappa shape index (κ3) is 2.41. The Hall–Kier alpha value is -1.51. The van der Waals surface area contributed by atoms with E-state index in [4.69, 9.17) is 0 Å². The summed E-state index contributed by atoms with van der Waals surface area (Å²) in [5, 5.41) is 3.04. The Morgan fingerprint density at radius 3 is 2.40 bits per heavy atom. The molecule has 1 heterocycles. The van der Waals surface area contributed by atoms with E-state index >= 15 is 0 Å². The monoisotopic (exact) mass is 272 g/mol. The second kappa shape index (κ2) is 5.12. The van der Waals surface area contributed by atoms with Crippen molar-refractivity contribution in [2.75, 3.05) is 11.9 Å². The maximum atomic E-state index is 12.4. The molecule has 1 saturated carbocycles. The lowest BCUT2D eigenvalue weighted by Gasteiger charge is -2.55. The van der Waals surface area contributed by atoms with Crippen LogP contribution in [0, 0.1) is 12.8 Å². The summed E-state index contributed by atoms with van der Waals surface area (Å²) in [5.74, 6) is 0.822. The molecule has 2 aliphatic rings. The molecule has 1 saturated heterocycles. The smallest absolute Gasteiger partial charge is 0.319 e. The van der Waals surface area contributed by atoms with E-state index in [-0.39, 0.29) is 11.6 Å². The van der Waals surface area contributed by atoms with Gasteiger partial charge in [0.1, 0.15) is 0 Å². The van der Waals surface area contributed by atoms with Crippen LogP contribution in [0.3, 0.4) is 0 Å². The molecule has 1 spiro atoms. The molecule has 1 aliphatic carbocycles. The van der Waals surface area contributed by atoms with E-state index in [1.807, 2.05) is 24.3 Å². The third-order valence-corrected chi connectivity index (χ3v) is 5.13. The summed E-state index contributed by atoms with van der Waals surface area (Å²) in [6, 6.07) is 8.09. The largest absolute Gasteiger partial charge is 0.322 e. The van der Waals surface area contributed by atoms with Gasteiger partial charge in [0.25, 0.3) is 0 Å². The van der Waals surface area contributed by atoms with Crippen LogP contribution in [-0.2, 0) is 0 Å². The average Bonchev–Trinajstić information content (AvgIpc) is 2.41. The first-order valence-corrected chi connectivity index (χ1v) is 7.74. The van der Waals surface area contributed by atoms with Gasteiger partial charge in [-0.05, 0) is 57.1 Å². The van der Waals surface area contributed by atoms with Crippen LogP contribution in [0.4, 0.5) is 10.5 Å². The molecule has 1 aromatic rings. The summed E-state index contributed by atoms with van der Waals surface area (Å²) >= 11 is 0. The number of amides is 2. The number of carbonyl (C=O) groups is 1. The summed E-state index contributed by atoms with van der Waals surface area (Å²) in [4.78, 5) is 14.5. The zero-order chi connectivity index (χ0) is 14.2. The first-order chi connectivity index (χ1) is 9.59. The summed E-state index contributed by atoms with van der Waals surface area (Å²) in [7, 11) is 0. The predicted octanol–water partition coefficient (Wildman–Crippen LogP) is 4.18. The number of hydrogen-bond donors (Lipinski definition) is 1. The van der Waals surface area contributed by atoms with Gasteiger partial charge in [-0.3, -0.25) is 0 Å². The molecule has 2 fully saturated rings. The molecule has 1 aromatic carbocycles. The van der Waals surface area contributed by atoms with Crippen LogP contribution >= 0.6 is 0 Å². The average molecular weight is 272 g/mol. The second-order valence-corrected chi connectivity index (χ2v) is 6.60. The van der Waals surface area contributed by atoms with Gasteiger partial charge >= 0.3 is 6.03 Å². The molecule has 3 rings (SSSR count). The molecule has 2 amide bonds. The van der Waals surface area contributed by atoms with E-state index in [2.05, 4.69) is 24.1 Å². The van der Waals surface area contributed by atoms with Crippen molar-refractivity contribution in [3.63, 3.8) is 0 Å². The summed E-state index contributed by atoms with van der Waals surface area (Å²) in [6.45, 7) is 5.29. The highest BCUT2D eigenvalue weighted by molar-refractivity contribution is 5.90. The number of benzene rings is 1. The van der Waals surface area contributed by atoms with Crippen molar-refractivity contribution in [1.82, 2.24) is 4.90 Å². The first-order valence-electron chi connectivity index (χ1n) is 7.74. The molecule has 3 heteroatoms. The van der Waals surface area contributed by atoms with E-state index in [0.717, 1.165) is 18.2 Å². The van der Waals surface area contributed by atoms with Crippen molar-refractivity contribution in [3.8, 4) is 0 Å². The lowest BCUT2D eigenvalue weighted by atomic mass is 9.70. The standard InChI is InChI=1S/C17H24N2O/c1-13-3-5-15(6-4-13)18-16(20)19-12-11-17(19)9-7-14(2)8-10-17/h3-6,14H,7-12H2,1-2H3,(H,18,20). The molecule has 0 unspecified atom stereocenters. The Morgan fingerprint density at radius 2 is 1.85 bits per heavy atom. The van der Waals surface area contributed by atoms with E-state index in [1.165, 1.54) is 37.7 Å². The lowest BCUT2D eigenvalue weighted by Crippen LogP contribution is -2.64. The minimum atomic E-state index is 0.0784. The van der Waals surface area contributed by atoms with Gasteiger partial charge in [0.15, 0.2) is 0 Å². The molecule has 0 bridgehead atoms. The highest BCUT2D eigenvalue weighted by Crippen LogP contribution is 2.44. The van der Waals surface area contributed by atoms with Crippen molar-refractivity contribution in [2.24, 2.45) is 5.92 Å². The summed E-state index contributed by atoms with van der Waals surface area (Å²) < 4.78 is 0. The van der Waals surface area contributed by atoms with Crippen molar-refractivity contribution in [3.05, 3.63) is 29.8 Å². The number of rotatable bonds is 1. The normalized spacial score (nSPS) is 29.1. The van der Waals surface area contributed by atoms with Crippen LogP contribution in [-0.4, -0.2) is 23.0 Å². The second-order valence-electron chi connectivity index (χ2n) is 6.60. The predicted molar refractivity (Wildman–Crippen MR) is 81.9 cm³/mol. The van der Waals surface area contributed by atoms with Crippen LogP contribution in [0.1, 0.15) is 44.6 Å². The zero-order valence-corrected chi connectivity index (χ0v) is 12.5. The molecule has 0 aromatic heterocycles. The Morgan fingerprint density at radius 1 is 1.20 bits per heavy atom. The molecule has 1 aliphatic heterocycles. The first kappa shape index (κ1) is 13.5. The quantitative estimate of drug-likeness (QED) is 0.817. The van der Waals surface area contributed by atoms with Gasteiger partial charge in [0.05, 0.1) is 0 Å². The van der Waals surface area contributed by atoms with Crippen molar-refractivity contribution in [2.45, 2.75) is 51.5 Å². The van der Waals surface area contributed by atoms with Crippen LogP contribution in [0.25, 0.3) is 0 Å². The topological polar surface area (TPSA) is 32.3 Å². The highest BCUT2D eigenvalue weighted by Gasteiger charge is 2.48. The highest BCUT2D eigenvalue weighted by atomic mass is 16.2. The molecule has 0 atom stereocenters. The van der Waals surface area contributed by atoms with Gasteiger partial charge in [0, 0.05) is 17.8 Å². The number of hydrogen-bond acceptors (Lipinski definition) is 1. The minimum Gasteiger partial charge on any atom is -0.319 e. The number of urea groups is 1. The molecular formula is C17H24N2O. The van der Waals surface area contributed by atoms with Crippen LogP contribution < -0.4 is 5.32 Å². The number of nitrogens with one attached hydrogen (secondary N) is 1. The Kier molecular flexibility index (Phi) is 3.45. The van der Waals surface area contributed by atoms with Gasteiger partial charge < -0.3 is 10.2 Å². The number of aryl methyl sites for hydroxylation is 1. The van der Waals surface area contributed by atoms with E-state index < -0.39 is 0 Å². The SMILES string of the molecule is Cc1ccc(NC(=O)N2CCC23CCC(C)CC3)cc1. The fraction of sp³-hybridized carbons (Fsp3) is 0.588. The molecule has 108 valence electrons. The van der Waals surface area contributed by atoms with Crippen molar-refractivity contribution >= 4 is 11.7 Å². The maximum Gasteiger partial charge on any atom is 0.322 e. The van der Waals surface area contributed by atoms with E-state index in [9.17, 15) is 4.79 Å². The Bertz CT molecular complexity index is 486. The zero-order valence-electron chi connectivity index (χ0n) is 12.5. The third-order valence-electron chi connectivity index (χ3n) is 5.13. The van der Waals surface area contributed by atoms with Gasteiger partial charge in [-0.2, -0.15) is 0 Å². The lowest BCUT2D eigenvalue weighted by molar-refractivity contribution is -0.00938. The van der Waals surface area contributed by atoms with Gasteiger partial charge in [-0.15, -0.1) is 0 Å². The van der Waals surface area contributed by atoms with Crippen LogP contribution in [0.15, 0.2) is 24.3 Å². The summed E-state index contributed by atoms with van der Waals surface area (Å²) in [5.41, 5.74) is 2.28. The molecule has 3 nitrogen and oxygen atoms in total. The summed E-state index contributed by atoms with van der Waals surface area (Å²) in [6.07, 6.45) is 6.05. The number of nitrogens with zero attached hydrogens (tertiary/aromatic N) is 1. The number of carbonyl (C=O) groups excluding carboxylic acids is 1. The Balaban J connectivity index is 1.64. The van der Waals surface area contributed by atoms with Crippen molar-refractivity contribution < 1.29 is 4.79 Å². The maximum absolute atomic E-state index is 12.4.